The Morgan fingerprint density at radius 2 is 1.94 bits per heavy atom. The highest BCUT2D eigenvalue weighted by atomic mass is 32.1. The topological polar surface area (TPSA) is 126 Å². The number of likely N-dealkylation sites (tertiary alicyclic amines) is 1. The maximum atomic E-state index is 13.2. The van der Waals surface area contributed by atoms with Crippen LogP contribution in [0.3, 0.4) is 0 Å². The Labute approximate surface area is 199 Å². The van der Waals surface area contributed by atoms with Crippen molar-refractivity contribution < 1.29 is 28.7 Å². The van der Waals surface area contributed by atoms with Crippen molar-refractivity contribution in [2.24, 2.45) is 5.41 Å². The molecule has 4 heterocycles. The highest BCUT2D eigenvalue weighted by molar-refractivity contribution is 7.22. The van der Waals surface area contributed by atoms with Gasteiger partial charge in [-0.05, 0) is 45.4 Å². The average Bonchev–Trinajstić information content (AvgIpc) is 3.24. The van der Waals surface area contributed by atoms with Crippen molar-refractivity contribution in [2.45, 2.75) is 51.7 Å². The van der Waals surface area contributed by atoms with Gasteiger partial charge in [0.1, 0.15) is 11.6 Å². The number of nitrogens with zero attached hydrogens (tertiary/aromatic N) is 3. The zero-order valence-electron chi connectivity index (χ0n) is 19.0. The molecule has 1 aromatic heterocycles. The van der Waals surface area contributed by atoms with Crippen LogP contribution in [0.4, 0.5) is 5.13 Å². The molecule has 4 amide bonds. The van der Waals surface area contributed by atoms with E-state index in [4.69, 9.17) is 4.74 Å². The van der Waals surface area contributed by atoms with Crippen LogP contribution in [0.5, 0.6) is 0 Å². The van der Waals surface area contributed by atoms with Gasteiger partial charge in [-0.15, -0.1) is 0 Å². The molecule has 34 heavy (non-hydrogen) atoms. The zero-order chi connectivity index (χ0) is 24.4. The molecule has 0 saturated carbocycles. The molecule has 1 unspecified atom stereocenters. The third-order valence-electron chi connectivity index (χ3n) is 6.22. The van der Waals surface area contributed by atoms with Gasteiger partial charge < -0.3 is 9.64 Å². The summed E-state index contributed by atoms with van der Waals surface area (Å²) in [5.41, 5.74) is -0.302. The van der Waals surface area contributed by atoms with Crippen molar-refractivity contribution in [1.82, 2.24) is 15.2 Å². The van der Waals surface area contributed by atoms with E-state index < -0.39 is 34.8 Å². The summed E-state index contributed by atoms with van der Waals surface area (Å²) in [6, 6.07) is 4.25. The normalized spacial score (nSPS) is 22.4. The molecule has 1 atom stereocenters. The minimum atomic E-state index is -0.931. The highest BCUT2D eigenvalue weighted by Gasteiger charge is 2.61. The summed E-state index contributed by atoms with van der Waals surface area (Å²) < 4.78 is 6.25. The van der Waals surface area contributed by atoms with Crippen molar-refractivity contribution in [3.8, 4) is 0 Å². The van der Waals surface area contributed by atoms with Gasteiger partial charge in [-0.1, -0.05) is 11.3 Å². The monoisotopic (exact) mass is 484 g/mol. The average molecular weight is 485 g/mol. The lowest BCUT2D eigenvalue weighted by molar-refractivity contribution is -0.152. The van der Waals surface area contributed by atoms with Crippen LogP contribution >= 0.6 is 11.3 Å². The molecule has 3 fully saturated rings. The van der Waals surface area contributed by atoms with Gasteiger partial charge in [-0.25, -0.2) is 9.78 Å². The number of amides is 4. The molecule has 178 valence electrons. The first-order chi connectivity index (χ1) is 16.0. The van der Waals surface area contributed by atoms with Crippen LogP contribution < -0.4 is 10.2 Å². The first-order valence-corrected chi connectivity index (χ1v) is 11.9. The maximum absolute atomic E-state index is 13.2. The number of fused-ring (bicyclic) bond motifs is 1. The Morgan fingerprint density at radius 3 is 2.62 bits per heavy atom. The number of carbonyl (C=O) groups excluding carboxylic acids is 5. The Bertz CT molecular complexity index is 1260. The smallest absolute Gasteiger partial charge is 0.338 e. The first kappa shape index (κ1) is 22.5. The number of hydrogen-bond acceptors (Lipinski definition) is 9. The highest BCUT2D eigenvalue weighted by Crippen LogP contribution is 2.46. The molecular weight excluding hydrogens is 460 g/mol. The lowest BCUT2D eigenvalue weighted by atomic mass is 9.78. The van der Waals surface area contributed by atoms with E-state index in [1.54, 1.807) is 18.2 Å². The molecule has 1 N–H and O–H groups in total. The number of thiazole rings is 1. The van der Waals surface area contributed by atoms with Crippen LogP contribution in [-0.4, -0.2) is 64.2 Å². The van der Waals surface area contributed by atoms with Crippen LogP contribution in [0.1, 0.15) is 50.4 Å². The molecule has 3 aliphatic rings. The summed E-state index contributed by atoms with van der Waals surface area (Å²) >= 11 is 1.40. The lowest BCUT2D eigenvalue weighted by Crippen LogP contribution is -2.62. The van der Waals surface area contributed by atoms with E-state index in [1.807, 2.05) is 25.7 Å². The minimum absolute atomic E-state index is 0.0355. The molecule has 1 spiro atoms. The second-order valence-corrected chi connectivity index (χ2v) is 11.0. The Hall–Kier alpha value is -3.34. The molecule has 1 aromatic carbocycles. The summed E-state index contributed by atoms with van der Waals surface area (Å²) in [4.78, 5) is 69.5. The fourth-order valence-corrected chi connectivity index (χ4v) is 5.64. The van der Waals surface area contributed by atoms with Crippen LogP contribution in [0, 0.1) is 5.41 Å². The Balaban J connectivity index is 1.30. The second-order valence-electron chi connectivity index (χ2n) is 10.0. The molecule has 0 bridgehead atoms. The predicted molar refractivity (Wildman–Crippen MR) is 122 cm³/mol. The molecule has 2 aromatic rings. The summed E-state index contributed by atoms with van der Waals surface area (Å²) in [5, 5.41) is 2.91. The number of ether oxygens (including phenoxy) is 1. The largest absolute Gasteiger partial charge is 0.456 e. The van der Waals surface area contributed by atoms with Gasteiger partial charge in [0.05, 0.1) is 21.2 Å². The third-order valence-corrected chi connectivity index (χ3v) is 7.30. The van der Waals surface area contributed by atoms with E-state index in [9.17, 15) is 24.0 Å². The maximum Gasteiger partial charge on any atom is 0.338 e. The number of anilines is 1. The van der Waals surface area contributed by atoms with Gasteiger partial charge in [0, 0.05) is 25.9 Å². The number of carbonyl (C=O) groups is 5. The van der Waals surface area contributed by atoms with Crippen LogP contribution in [0.25, 0.3) is 10.2 Å². The van der Waals surface area contributed by atoms with E-state index in [-0.39, 0.29) is 31.1 Å². The molecule has 3 aliphatic heterocycles. The van der Waals surface area contributed by atoms with Gasteiger partial charge in [0.25, 0.3) is 0 Å². The standard InChI is InChI=1S/C23H24N4O6S/c1-22(2,3)33-19(31)12-4-5-13-15(8-12)34-21(24-13)26-10-23(11-26)9-17(29)27(20(23)32)14-6-7-16(28)25-18(14)30/h4-5,8,14H,6-7,9-11H2,1-3H3,(H,25,28,30). The van der Waals surface area contributed by atoms with Crippen molar-refractivity contribution in [3.05, 3.63) is 23.8 Å². The van der Waals surface area contributed by atoms with E-state index in [2.05, 4.69) is 10.3 Å². The molecule has 0 radical (unpaired) electrons. The number of rotatable bonds is 3. The molecular formula is C23H24N4O6S. The minimum Gasteiger partial charge on any atom is -0.456 e. The molecule has 5 rings (SSSR count). The first-order valence-electron chi connectivity index (χ1n) is 11.0. The van der Waals surface area contributed by atoms with E-state index in [1.165, 1.54) is 11.3 Å². The van der Waals surface area contributed by atoms with E-state index in [0.29, 0.717) is 23.8 Å². The SMILES string of the molecule is CC(C)(C)OC(=O)c1ccc2nc(N3CC4(CC(=O)N(C5CCC(=O)NC5=O)C4=O)C3)sc2c1. The van der Waals surface area contributed by atoms with E-state index in [0.717, 1.165) is 15.1 Å². The van der Waals surface area contributed by atoms with Crippen molar-refractivity contribution in [1.29, 1.82) is 0 Å². The van der Waals surface area contributed by atoms with Gasteiger partial charge >= 0.3 is 5.97 Å². The van der Waals surface area contributed by atoms with Gasteiger partial charge in [0.15, 0.2) is 5.13 Å². The number of hydrogen-bond donors (Lipinski definition) is 1. The zero-order valence-corrected chi connectivity index (χ0v) is 19.9. The van der Waals surface area contributed by atoms with Crippen molar-refractivity contribution in [2.75, 3.05) is 18.0 Å². The molecule has 10 nitrogen and oxygen atoms in total. The second kappa shape index (κ2) is 7.59. The Kier molecular flexibility index (Phi) is 5.01. The number of benzene rings is 1. The summed E-state index contributed by atoms with van der Waals surface area (Å²) in [5.74, 6) is -2.15. The van der Waals surface area contributed by atoms with Crippen LogP contribution in [0.2, 0.25) is 0 Å². The fourth-order valence-electron chi connectivity index (χ4n) is 4.64. The number of piperidine rings is 1. The predicted octanol–water partition coefficient (Wildman–Crippen LogP) is 1.62. The van der Waals surface area contributed by atoms with Crippen LogP contribution in [0.15, 0.2) is 18.2 Å². The summed E-state index contributed by atoms with van der Waals surface area (Å²) in [6.07, 6.45) is 0.289. The summed E-state index contributed by atoms with van der Waals surface area (Å²) in [7, 11) is 0. The molecule has 3 saturated heterocycles. The molecule has 0 aliphatic carbocycles. The van der Waals surface area contributed by atoms with Gasteiger partial charge in [-0.2, -0.15) is 0 Å². The van der Waals surface area contributed by atoms with Gasteiger partial charge in [-0.3, -0.25) is 29.4 Å². The fraction of sp³-hybridized carbons (Fsp3) is 0.478. The quantitative estimate of drug-likeness (QED) is 0.515. The van der Waals surface area contributed by atoms with E-state index >= 15 is 0 Å². The Morgan fingerprint density at radius 1 is 1.21 bits per heavy atom. The number of aromatic nitrogens is 1. The van der Waals surface area contributed by atoms with Crippen LogP contribution in [-0.2, 0) is 23.9 Å². The van der Waals surface area contributed by atoms with Crippen molar-refractivity contribution >= 4 is 56.3 Å². The number of nitrogens with one attached hydrogen (secondary N) is 1. The molecule has 11 heteroatoms. The van der Waals surface area contributed by atoms with Crippen molar-refractivity contribution in [3.63, 3.8) is 0 Å². The summed E-state index contributed by atoms with van der Waals surface area (Å²) in [6.45, 7) is 6.07. The van der Waals surface area contributed by atoms with Gasteiger partial charge in [0.2, 0.25) is 23.6 Å². The number of esters is 1. The lowest BCUT2D eigenvalue weighted by Gasteiger charge is -2.46. The number of imide groups is 2. The third kappa shape index (κ3) is 3.73.